The molecule has 18 nitrogen and oxygen atoms in total. The molecule has 0 unspecified atom stereocenters. The molecule has 13 N–H and O–H groups in total. The first kappa shape index (κ1) is 48.7. The van der Waals surface area contributed by atoms with Gasteiger partial charge in [-0.1, -0.05) is 68.2 Å². The minimum absolute atomic E-state index is 0.0461. The second-order valence-electron chi connectivity index (χ2n) is 14.4. The molecule has 53 heavy (non-hydrogen) atoms. The van der Waals surface area contributed by atoms with E-state index in [1.54, 1.807) is 41.5 Å². The van der Waals surface area contributed by atoms with Gasteiger partial charge in [0.2, 0.25) is 41.4 Å². The molecule has 18 heteroatoms. The van der Waals surface area contributed by atoms with Gasteiger partial charge in [-0.25, -0.2) is 4.79 Å². The highest BCUT2D eigenvalue weighted by atomic mass is 16.4. The van der Waals surface area contributed by atoms with E-state index in [-0.39, 0.29) is 24.7 Å². The van der Waals surface area contributed by atoms with Crippen molar-refractivity contribution >= 4 is 47.3 Å². The molecule has 7 amide bonds. The van der Waals surface area contributed by atoms with Gasteiger partial charge in [0.1, 0.15) is 30.2 Å². The third-order valence-corrected chi connectivity index (χ3v) is 8.99. The van der Waals surface area contributed by atoms with E-state index in [4.69, 9.17) is 17.2 Å². The van der Waals surface area contributed by atoms with Crippen LogP contribution in [0, 0.1) is 23.7 Å². The molecule has 0 aromatic carbocycles. The van der Waals surface area contributed by atoms with E-state index in [1.807, 2.05) is 13.8 Å². The summed E-state index contributed by atoms with van der Waals surface area (Å²) in [5.74, 6) is -7.57. The standard InChI is InChI=1S/C35H65N9O9/c1-9-20(7)28(34(51)44-29(21(8)10-2)33(50)42-24(35(52)53)16-25(37)45)43-26(46)17-39-30(47)23(15-18(3)4)41-31(48)22(13-11-12-14-36)40-32(49)27(38)19(5)6/h18-24,27-29H,9-17,36,38H2,1-8H3,(H2,37,45)(H,39,47)(H,40,49)(H,41,48)(H,42,50)(H,43,46)(H,44,51)(H,52,53)/t20-,21-,22+,23+,24+,27+,28+,29+/m0/s1. The second kappa shape index (κ2) is 24.8. The van der Waals surface area contributed by atoms with Crippen molar-refractivity contribution in [1.29, 1.82) is 0 Å². The van der Waals surface area contributed by atoms with Crippen LogP contribution in [0.25, 0.3) is 0 Å². The van der Waals surface area contributed by atoms with E-state index in [2.05, 4.69) is 31.9 Å². The third kappa shape index (κ3) is 18.3. The molecule has 304 valence electrons. The summed E-state index contributed by atoms with van der Waals surface area (Å²) >= 11 is 0. The summed E-state index contributed by atoms with van der Waals surface area (Å²) in [6.07, 6.45) is 1.84. The Kier molecular flexibility index (Phi) is 22.8. The number of hydrogen-bond acceptors (Lipinski definition) is 10. The molecule has 0 aromatic rings. The first-order chi connectivity index (χ1) is 24.7. The van der Waals surface area contributed by atoms with Crippen LogP contribution in [0.4, 0.5) is 0 Å². The Hall–Kier alpha value is -4.32. The number of carbonyl (C=O) groups excluding carboxylic acids is 7. The van der Waals surface area contributed by atoms with E-state index in [0.717, 1.165) is 0 Å². The van der Waals surface area contributed by atoms with Crippen LogP contribution >= 0.6 is 0 Å². The molecular weight excluding hydrogens is 690 g/mol. The first-order valence-corrected chi connectivity index (χ1v) is 18.5. The molecule has 0 spiro atoms. The van der Waals surface area contributed by atoms with Gasteiger partial charge in [0.15, 0.2) is 0 Å². The lowest BCUT2D eigenvalue weighted by molar-refractivity contribution is -0.144. The third-order valence-electron chi connectivity index (χ3n) is 8.99. The Bertz CT molecular complexity index is 1250. The van der Waals surface area contributed by atoms with Gasteiger partial charge in [-0.2, -0.15) is 0 Å². The van der Waals surface area contributed by atoms with Gasteiger partial charge in [0.05, 0.1) is 19.0 Å². The number of carbonyl (C=O) groups is 8. The van der Waals surface area contributed by atoms with Crippen LogP contribution in [0.3, 0.4) is 0 Å². The number of amides is 7. The first-order valence-electron chi connectivity index (χ1n) is 18.5. The molecule has 8 atom stereocenters. The maximum atomic E-state index is 13.5. The number of primary amides is 1. The Balaban J connectivity index is 5.87. The smallest absolute Gasteiger partial charge is 0.326 e. The topological polar surface area (TPSA) is 307 Å². The number of hydrogen-bond donors (Lipinski definition) is 10. The largest absolute Gasteiger partial charge is 0.480 e. The van der Waals surface area contributed by atoms with Crippen LogP contribution < -0.4 is 49.1 Å². The molecule has 0 aliphatic carbocycles. The lowest BCUT2D eigenvalue weighted by Gasteiger charge is -2.29. The number of nitrogens with one attached hydrogen (secondary N) is 6. The van der Waals surface area contributed by atoms with Gasteiger partial charge in [0, 0.05) is 0 Å². The fourth-order valence-corrected chi connectivity index (χ4v) is 5.13. The lowest BCUT2D eigenvalue weighted by atomic mass is 9.94. The summed E-state index contributed by atoms with van der Waals surface area (Å²) in [5.41, 5.74) is 16.7. The van der Waals surface area contributed by atoms with E-state index in [1.165, 1.54) is 0 Å². The van der Waals surface area contributed by atoms with Crippen molar-refractivity contribution in [2.24, 2.45) is 40.9 Å². The van der Waals surface area contributed by atoms with Gasteiger partial charge in [-0.3, -0.25) is 33.6 Å². The summed E-state index contributed by atoms with van der Waals surface area (Å²) in [6, 6.07) is -6.84. The van der Waals surface area contributed by atoms with E-state index < -0.39 is 108 Å². The molecular formula is C35H65N9O9. The summed E-state index contributed by atoms with van der Waals surface area (Å²) < 4.78 is 0. The van der Waals surface area contributed by atoms with Crippen molar-refractivity contribution in [3.05, 3.63) is 0 Å². The maximum absolute atomic E-state index is 13.5. The normalized spacial score (nSPS) is 15.8. The molecule has 0 bridgehead atoms. The molecule has 0 saturated carbocycles. The molecule has 0 aromatic heterocycles. The van der Waals surface area contributed by atoms with Crippen LogP contribution in [0.1, 0.15) is 100 Å². The second-order valence-corrected chi connectivity index (χ2v) is 14.4. The summed E-state index contributed by atoms with van der Waals surface area (Å²) in [4.78, 5) is 102. The van der Waals surface area contributed by atoms with Crippen molar-refractivity contribution in [2.45, 2.75) is 137 Å². The van der Waals surface area contributed by atoms with Gasteiger partial charge in [0.25, 0.3) is 0 Å². The minimum atomic E-state index is -1.61. The molecule has 0 heterocycles. The fourth-order valence-electron chi connectivity index (χ4n) is 5.13. The molecule has 0 aliphatic rings. The average molecular weight is 756 g/mol. The van der Waals surface area contributed by atoms with Crippen LogP contribution in [-0.2, 0) is 38.4 Å². The zero-order valence-corrected chi connectivity index (χ0v) is 32.6. The number of nitrogens with two attached hydrogens (primary N) is 3. The van der Waals surface area contributed by atoms with Crippen molar-refractivity contribution in [3.63, 3.8) is 0 Å². The van der Waals surface area contributed by atoms with E-state index >= 15 is 0 Å². The number of aliphatic carboxylic acids is 1. The van der Waals surface area contributed by atoms with Gasteiger partial charge >= 0.3 is 5.97 Å². The minimum Gasteiger partial charge on any atom is -0.480 e. The summed E-state index contributed by atoms with van der Waals surface area (Å²) in [6.45, 7) is 14.0. The van der Waals surface area contributed by atoms with Gasteiger partial charge < -0.3 is 54.2 Å². The Morgan fingerprint density at radius 2 is 1.15 bits per heavy atom. The van der Waals surface area contributed by atoms with Crippen molar-refractivity contribution in [2.75, 3.05) is 13.1 Å². The SMILES string of the molecule is CC[C@H](C)[C@@H](NC(=O)CNC(=O)[C@@H](CC(C)C)NC(=O)[C@@H](CCCCN)NC(=O)[C@H](N)C(C)C)C(=O)N[C@@H](C(=O)N[C@H](CC(N)=O)C(=O)O)[C@@H](C)CC. The Labute approximate surface area is 313 Å². The van der Waals surface area contributed by atoms with E-state index in [0.29, 0.717) is 32.2 Å². The fraction of sp³-hybridized carbons (Fsp3) is 0.771. The Morgan fingerprint density at radius 3 is 1.62 bits per heavy atom. The Morgan fingerprint density at radius 1 is 0.642 bits per heavy atom. The zero-order valence-electron chi connectivity index (χ0n) is 32.6. The monoisotopic (exact) mass is 755 g/mol. The molecule has 0 aliphatic heterocycles. The molecule has 0 radical (unpaired) electrons. The number of carboxylic acid groups (broad SMARTS) is 1. The molecule has 0 rings (SSSR count). The van der Waals surface area contributed by atoms with Crippen molar-refractivity contribution in [3.8, 4) is 0 Å². The van der Waals surface area contributed by atoms with Crippen molar-refractivity contribution < 1.29 is 43.5 Å². The highest BCUT2D eigenvalue weighted by Crippen LogP contribution is 2.13. The quantitative estimate of drug-likeness (QED) is 0.0465. The highest BCUT2D eigenvalue weighted by Gasteiger charge is 2.35. The van der Waals surface area contributed by atoms with Crippen LogP contribution in [0.2, 0.25) is 0 Å². The van der Waals surface area contributed by atoms with Gasteiger partial charge in [-0.05, 0) is 55.9 Å². The number of carboxylic acids is 1. The molecule has 0 saturated heterocycles. The average Bonchev–Trinajstić information content (AvgIpc) is 3.08. The zero-order chi connectivity index (χ0) is 41.0. The lowest BCUT2D eigenvalue weighted by Crippen LogP contribution is -2.60. The van der Waals surface area contributed by atoms with E-state index in [9.17, 15) is 43.5 Å². The van der Waals surface area contributed by atoms with Crippen LogP contribution in [-0.4, -0.2) is 102 Å². The van der Waals surface area contributed by atoms with Crippen LogP contribution in [0.5, 0.6) is 0 Å². The summed E-state index contributed by atoms with van der Waals surface area (Å²) in [5, 5.41) is 24.8. The van der Waals surface area contributed by atoms with Crippen molar-refractivity contribution in [1.82, 2.24) is 31.9 Å². The predicted molar refractivity (Wildman–Crippen MR) is 198 cm³/mol. The van der Waals surface area contributed by atoms with Crippen LogP contribution in [0.15, 0.2) is 0 Å². The molecule has 0 fully saturated rings. The van der Waals surface area contributed by atoms with Gasteiger partial charge in [-0.15, -0.1) is 0 Å². The highest BCUT2D eigenvalue weighted by molar-refractivity contribution is 5.96. The maximum Gasteiger partial charge on any atom is 0.326 e. The number of unbranched alkanes of at least 4 members (excludes halogenated alkanes) is 1. The summed E-state index contributed by atoms with van der Waals surface area (Å²) in [7, 11) is 0. The predicted octanol–water partition coefficient (Wildman–Crippen LogP) is -1.26. The number of rotatable bonds is 26.